The van der Waals surface area contributed by atoms with Gasteiger partial charge in [-0.25, -0.2) is 4.58 Å². The molecule has 1 N–H and O–H groups in total. The molecule has 1 aliphatic rings. The van der Waals surface area contributed by atoms with Crippen LogP contribution in [-0.4, -0.2) is 29.0 Å². The lowest BCUT2D eigenvalue weighted by Crippen LogP contribution is -2.07. The van der Waals surface area contributed by atoms with Gasteiger partial charge in [-0.15, -0.1) is 0 Å². The Morgan fingerprint density at radius 1 is 1.15 bits per heavy atom. The summed E-state index contributed by atoms with van der Waals surface area (Å²) >= 11 is 0. The van der Waals surface area contributed by atoms with Gasteiger partial charge in [0.2, 0.25) is 0 Å². The van der Waals surface area contributed by atoms with Gasteiger partial charge in [0.05, 0.1) is 5.56 Å². The zero-order valence-corrected chi connectivity index (χ0v) is 7.61. The zero-order valence-electron chi connectivity index (χ0n) is 7.61. The van der Waals surface area contributed by atoms with E-state index in [4.69, 9.17) is 0 Å². The number of benzene rings is 1. The highest BCUT2D eigenvalue weighted by molar-refractivity contribution is 5.79. The van der Waals surface area contributed by atoms with E-state index in [0.29, 0.717) is 5.75 Å². The van der Waals surface area contributed by atoms with Crippen molar-refractivity contribution in [1.82, 2.24) is 0 Å². The molecule has 0 aliphatic carbocycles. The Morgan fingerprint density at radius 3 is 2.54 bits per heavy atom. The third-order valence-corrected chi connectivity index (χ3v) is 2.40. The van der Waals surface area contributed by atoms with Crippen LogP contribution in [0.25, 0.3) is 0 Å². The van der Waals surface area contributed by atoms with Gasteiger partial charge >= 0.3 is 0 Å². The molecule has 2 heteroatoms. The molecule has 1 aromatic carbocycles. The van der Waals surface area contributed by atoms with Crippen LogP contribution in [0.2, 0.25) is 0 Å². The first kappa shape index (κ1) is 8.30. The molecule has 13 heavy (non-hydrogen) atoms. The molecular formula is C11H14NO+. The second kappa shape index (κ2) is 3.60. The molecule has 1 fully saturated rings. The topological polar surface area (TPSA) is 23.2 Å². The normalized spacial score (nSPS) is 16.2. The van der Waals surface area contributed by atoms with E-state index < -0.39 is 0 Å². The second-order valence-corrected chi connectivity index (χ2v) is 3.43. The summed E-state index contributed by atoms with van der Waals surface area (Å²) in [6.45, 7) is 2.24. The Hall–Kier alpha value is -1.31. The molecule has 2 rings (SSSR count). The maximum Gasteiger partial charge on any atom is 0.174 e. The summed E-state index contributed by atoms with van der Waals surface area (Å²) in [6.07, 6.45) is 4.58. The SMILES string of the molecule is Oc1ccccc1C=[N+]1CCCC1. The lowest BCUT2D eigenvalue weighted by Gasteiger charge is -1.96. The van der Waals surface area contributed by atoms with Crippen LogP contribution in [0.3, 0.4) is 0 Å². The van der Waals surface area contributed by atoms with Crippen molar-refractivity contribution in [3.05, 3.63) is 29.8 Å². The van der Waals surface area contributed by atoms with Crippen molar-refractivity contribution in [1.29, 1.82) is 0 Å². The van der Waals surface area contributed by atoms with E-state index in [1.165, 1.54) is 12.8 Å². The number of phenols is 1. The molecule has 1 aromatic rings. The van der Waals surface area contributed by atoms with Gasteiger partial charge in [-0.2, -0.15) is 0 Å². The first-order chi connectivity index (χ1) is 6.36. The quantitative estimate of drug-likeness (QED) is 0.646. The Balaban J connectivity index is 2.25. The fourth-order valence-corrected chi connectivity index (χ4v) is 1.66. The van der Waals surface area contributed by atoms with E-state index in [2.05, 4.69) is 4.58 Å². The third-order valence-electron chi connectivity index (χ3n) is 2.40. The van der Waals surface area contributed by atoms with E-state index in [0.717, 1.165) is 18.7 Å². The number of rotatable bonds is 1. The summed E-state index contributed by atoms with van der Waals surface area (Å²) < 4.78 is 2.26. The van der Waals surface area contributed by atoms with Crippen LogP contribution >= 0.6 is 0 Å². The van der Waals surface area contributed by atoms with E-state index in [9.17, 15) is 5.11 Å². The van der Waals surface area contributed by atoms with Crippen LogP contribution in [0.1, 0.15) is 18.4 Å². The second-order valence-electron chi connectivity index (χ2n) is 3.43. The van der Waals surface area contributed by atoms with Gasteiger partial charge in [0.1, 0.15) is 18.8 Å². The number of aromatic hydroxyl groups is 1. The van der Waals surface area contributed by atoms with Crippen molar-refractivity contribution < 1.29 is 9.68 Å². The predicted octanol–water partition coefficient (Wildman–Crippen LogP) is 1.62. The summed E-state index contributed by atoms with van der Waals surface area (Å²) in [5.74, 6) is 0.370. The predicted molar refractivity (Wildman–Crippen MR) is 52.5 cm³/mol. The minimum absolute atomic E-state index is 0.370. The van der Waals surface area contributed by atoms with Gasteiger partial charge in [-0.1, -0.05) is 12.1 Å². The van der Waals surface area contributed by atoms with Gasteiger partial charge in [-0.3, -0.25) is 0 Å². The van der Waals surface area contributed by atoms with Gasteiger partial charge in [-0.05, 0) is 12.1 Å². The number of para-hydroxylation sites is 1. The van der Waals surface area contributed by atoms with Gasteiger partial charge in [0.15, 0.2) is 6.21 Å². The molecule has 0 unspecified atom stereocenters. The van der Waals surface area contributed by atoms with Gasteiger partial charge in [0.25, 0.3) is 0 Å². The standard InChI is InChI=1S/C11H13NO/c13-11-6-2-1-5-10(11)9-12-7-3-4-8-12/h1-2,5-6,9H,3-4,7-8H2/p+1. The van der Waals surface area contributed by atoms with Gasteiger partial charge in [0, 0.05) is 12.8 Å². The molecule has 0 radical (unpaired) electrons. The highest BCUT2D eigenvalue weighted by Gasteiger charge is 2.12. The highest BCUT2D eigenvalue weighted by Crippen LogP contribution is 2.13. The Labute approximate surface area is 78.1 Å². The van der Waals surface area contributed by atoms with Crippen molar-refractivity contribution in [2.45, 2.75) is 12.8 Å². The van der Waals surface area contributed by atoms with Crippen molar-refractivity contribution in [3.8, 4) is 5.75 Å². The Bertz CT molecular complexity index is 323. The summed E-state index contributed by atoms with van der Waals surface area (Å²) in [5, 5.41) is 9.51. The van der Waals surface area contributed by atoms with Crippen LogP contribution < -0.4 is 0 Å². The molecule has 0 atom stereocenters. The number of hydrogen-bond acceptors (Lipinski definition) is 1. The molecule has 0 aromatic heterocycles. The summed E-state index contributed by atoms with van der Waals surface area (Å²) in [5.41, 5.74) is 0.921. The first-order valence-corrected chi connectivity index (χ1v) is 4.73. The molecule has 1 aliphatic heterocycles. The number of hydrogen-bond donors (Lipinski definition) is 1. The first-order valence-electron chi connectivity index (χ1n) is 4.73. The van der Waals surface area contributed by atoms with Crippen molar-refractivity contribution in [2.75, 3.05) is 13.1 Å². The minimum Gasteiger partial charge on any atom is -0.507 e. The third kappa shape index (κ3) is 1.89. The highest BCUT2D eigenvalue weighted by atomic mass is 16.3. The average molecular weight is 176 g/mol. The van der Waals surface area contributed by atoms with E-state index in [1.54, 1.807) is 6.07 Å². The van der Waals surface area contributed by atoms with Crippen molar-refractivity contribution in [2.24, 2.45) is 0 Å². The zero-order chi connectivity index (χ0) is 9.10. The minimum atomic E-state index is 0.370. The van der Waals surface area contributed by atoms with Crippen LogP contribution in [0.5, 0.6) is 5.75 Å². The Kier molecular flexibility index (Phi) is 2.30. The van der Waals surface area contributed by atoms with Crippen molar-refractivity contribution in [3.63, 3.8) is 0 Å². The molecule has 0 bridgehead atoms. The summed E-state index contributed by atoms with van der Waals surface area (Å²) in [4.78, 5) is 0. The van der Waals surface area contributed by atoms with Crippen LogP contribution in [0.4, 0.5) is 0 Å². The lowest BCUT2D eigenvalue weighted by atomic mass is 10.2. The average Bonchev–Trinajstić information content (AvgIpc) is 2.61. The maximum atomic E-state index is 9.51. The molecular weight excluding hydrogens is 162 g/mol. The Morgan fingerprint density at radius 2 is 1.85 bits per heavy atom. The van der Waals surface area contributed by atoms with Crippen LogP contribution in [0, 0.1) is 0 Å². The fourth-order valence-electron chi connectivity index (χ4n) is 1.66. The molecule has 0 spiro atoms. The molecule has 1 heterocycles. The maximum absolute atomic E-state index is 9.51. The molecule has 1 saturated heterocycles. The van der Waals surface area contributed by atoms with Crippen LogP contribution in [0.15, 0.2) is 24.3 Å². The van der Waals surface area contributed by atoms with E-state index >= 15 is 0 Å². The van der Waals surface area contributed by atoms with Crippen LogP contribution in [-0.2, 0) is 0 Å². The monoisotopic (exact) mass is 176 g/mol. The number of nitrogens with zero attached hydrogens (tertiary/aromatic N) is 1. The lowest BCUT2D eigenvalue weighted by molar-refractivity contribution is -0.500. The smallest absolute Gasteiger partial charge is 0.174 e. The fraction of sp³-hybridized carbons (Fsp3) is 0.364. The largest absolute Gasteiger partial charge is 0.507 e. The van der Waals surface area contributed by atoms with Crippen molar-refractivity contribution >= 4 is 6.21 Å². The van der Waals surface area contributed by atoms with E-state index in [1.807, 2.05) is 24.4 Å². The van der Waals surface area contributed by atoms with E-state index in [-0.39, 0.29) is 0 Å². The van der Waals surface area contributed by atoms with Gasteiger partial charge < -0.3 is 5.11 Å². The molecule has 68 valence electrons. The summed E-state index contributed by atoms with van der Waals surface area (Å²) in [6, 6.07) is 7.45. The molecule has 0 saturated carbocycles. The number of phenolic OH excluding ortho intramolecular Hbond substituents is 1. The molecule has 0 amide bonds. The molecule has 2 nitrogen and oxygen atoms in total. The summed E-state index contributed by atoms with van der Waals surface area (Å²) in [7, 11) is 0.